The minimum absolute atomic E-state index is 0.257. The van der Waals surface area contributed by atoms with Crippen LogP contribution in [0.25, 0.3) is 0 Å². The molecule has 0 saturated carbocycles. The van der Waals surface area contributed by atoms with Crippen molar-refractivity contribution in [3.63, 3.8) is 0 Å². The Balaban J connectivity index is 2.21. The van der Waals surface area contributed by atoms with E-state index in [2.05, 4.69) is 35.1 Å². The predicted molar refractivity (Wildman–Crippen MR) is 86.7 cm³/mol. The largest absolute Gasteiger partial charge is 0.310 e. The fraction of sp³-hybridized carbons (Fsp3) is 0.250. The van der Waals surface area contributed by atoms with Crippen LogP contribution >= 0.6 is 27.7 Å². The van der Waals surface area contributed by atoms with Crippen LogP contribution in [-0.4, -0.2) is 6.54 Å². The SMILES string of the molecule is CCNC(C)c1ccc(Sc2ccc(F)cc2F)c(Br)c1. The zero-order valence-corrected chi connectivity index (χ0v) is 14.2. The average molecular weight is 372 g/mol. The van der Waals surface area contributed by atoms with E-state index < -0.39 is 11.6 Å². The fourth-order valence-corrected chi connectivity index (χ4v) is 3.43. The Bertz CT molecular complexity index is 634. The third kappa shape index (κ3) is 4.28. The molecule has 0 bridgehead atoms. The molecule has 0 radical (unpaired) electrons. The Morgan fingerprint density at radius 1 is 1.14 bits per heavy atom. The maximum absolute atomic E-state index is 13.7. The molecule has 1 N–H and O–H groups in total. The molecule has 0 aliphatic carbocycles. The lowest BCUT2D eigenvalue weighted by atomic mass is 10.1. The number of hydrogen-bond acceptors (Lipinski definition) is 2. The van der Waals surface area contributed by atoms with Gasteiger partial charge < -0.3 is 5.32 Å². The monoisotopic (exact) mass is 371 g/mol. The van der Waals surface area contributed by atoms with Crippen LogP contribution in [0.2, 0.25) is 0 Å². The highest BCUT2D eigenvalue weighted by molar-refractivity contribution is 9.10. The quantitative estimate of drug-likeness (QED) is 0.739. The Morgan fingerprint density at radius 3 is 2.48 bits per heavy atom. The third-order valence-electron chi connectivity index (χ3n) is 3.08. The fourth-order valence-electron chi connectivity index (χ4n) is 1.97. The molecule has 2 aromatic carbocycles. The van der Waals surface area contributed by atoms with Gasteiger partial charge in [0.25, 0.3) is 0 Å². The van der Waals surface area contributed by atoms with Gasteiger partial charge in [0, 0.05) is 26.4 Å². The third-order valence-corrected chi connectivity index (χ3v) is 5.13. The normalized spacial score (nSPS) is 12.4. The van der Waals surface area contributed by atoms with Crippen LogP contribution < -0.4 is 5.32 Å². The van der Waals surface area contributed by atoms with Crippen LogP contribution in [0.4, 0.5) is 8.78 Å². The summed E-state index contributed by atoms with van der Waals surface area (Å²) >= 11 is 4.79. The minimum Gasteiger partial charge on any atom is -0.310 e. The van der Waals surface area contributed by atoms with Crippen molar-refractivity contribution in [3.05, 3.63) is 58.1 Å². The lowest BCUT2D eigenvalue weighted by Gasteiger charge is -2.14. The molecule has 1 unspecified atom stereocenters. The molecule has 0 aliphatic rings. The summed E-state index contributed by atoms with van der Waals surface area (Å²) in [7, 11) is 0. The van der Waals surface area contributed by atoms with E-state index in [4.69, 9.17) is 0 Å². The highest BCUT2D eigenvalue weighted by Crippen LogP contribution is 2.36. The van der Waals surface area contributed by atoms with Crippen molar-refractivity contribution < 1.29 is 8.78 Å². The van der Waals surface area contributed by atoms with Crippen molar-refractivity contribution in [2.45, 2.75) is 29.7 Å². The molecule has 2 aromatic rings. The molecule has 1 nitrogen and oxygen atoms in total. The van der Waals surface area contributed by atoms with E-state index in [0.717, 1.165) is 27.5 Å². The molecular formula is C16H16BrF2NS. The lowest BCUT2D eigenvalue weighted by molar-refractivity contribution is 0.565. The summed E-state index contributed by atoms with van der Waals surface area (Å²) in [5.74, 6) is -1.11. The van der Waals surface area contributed by atoms with Gasteiger partial charge in [-0.15, -0.1) is 0 Å². The Labute approximate surface area is 136 Å². The Kier molecular flexibility index (Phi) is 5.79. The highest BCUT2D eigenvalue weighted by atomic mass is 79.9. The first kappa shape index (κ1) is 16.5. The van der Waals surface area contributed by atoms with Gasteiger partial charge in [0.2, 0.25) is 0 Å². The zero-order chi connectivity index (χ0) is 15.4. The summed E-state index contributed by atoms with van der Waals surface area (Å²) in [6, 6.07) is 9.86. The molecule has 0 amide bonds. The van der Waals surface area contributed by atoms with Gasteiger partial charge in [0.15, 0.2) is 0 Å². The van der Waals surface area contributed by atoms with Gasteiger partial charge in [0.1, 0.15) is 11.6 Å². The first-order chi connectivity index (χ1) is 10.0. The molecule has 0 aromatic heterocycles. The van der Waals surface area contributed by atoms with Gasteiger partial charge in [-0.25, -0.2) is 8.78 Å². The Hall–Kier alpha value is -0.910. The van der Waals surface area contributed by atoms with E-state index in [1.807, 2.05) is 18.2 Å². The van der Waals surface area contributed by atoms with Gasteiger partial charge in [-0.3, -0.25) is 0 Å². The molecule has 0 spiro atoms. The average Bonchev–Trinajstić information content (AvgIpc) is 2.44. The molecule has 21 heavy (non-hydrogen) atoms. The van der Waals surface area contributed by atoms with Gasteiger partial charge in [0.05, 0.1) is 0 Å². The molecule has 2 rings (SSSR count). The van der Waals surface area contributed by atoms with Crippen LogP contribution in [0, 0.1) is 11.6 Å². The van der Waals surface area contributed by atoms with Crippen molar-refractivity contribution >= 4 is 27.7 Å². The van der Waals surface area contributed by atoms with Crippen molar-refractivity contribution in [1.82, 2.24) is 5.32 Å². The van der Waals surface area contributed by atoms with Crippen LogP contribution in [0.1, 0.15) is 25.5 Å². The van der Waals surface area contributed by atoms with Crippen LogP contribution in [0.15, 0.2) is 50.7 Å². The van der Waals surface area contributed by atoms with Crippen molar-refractivity contribution in [2.24, 2.45) is 0 Å². The predicted octanol–water partition coefficient (Wildman–Crippen LogP) is 5.55. The van der Waals surface area contributed by atoms with Gasteiger partial charge in [-0.1, -0.05) is 24.8 Å². The van der Waals surface area contributed by atoms with Crippen molar-refractivity contribution in [2.75, 3.05) is 6.54 Å². The van der Waals surface area contributed by atoms with Crippen LogP contribution in [-0.2, 0) is 0 Å². The van der Waals surface area contributed by atoms with E-state index in [-0.39, 0.29) is 6.04 Å². The topological polar surface area (TPSA) is 12.0 Å². The molecule has 0 saturated heterocycles. The molecular weight excluding hydrogens is 356 g/mol. The second-order valence-corrected chi connectivity index (χ2v) is 6.58. The summed E-state index contributed by atoms with van der Waals surface area (Å²) in [4.78, 5) is 1.30. The summed E-state index contributed by atoms with van der Waals surface area (Å²) < 4.78 is 27.5. The second-order valence-electron chi connectivity index (χ2n) is 4.65. The lowest BCUT2D eigenvalue weighted by Crippen LogP contribution is -2.17. The van der Waals surface area contributed by atoms with Crippen molar-refractivity contribution in [3.8, 4) is 0 Å². The number of hydrogen-bond donors (Lipinski definition) is 1. The second kappa shape index (κ2) is 7.38. The van der Waals surface area contributed by atoms with Crippen LogP contribution in [0.3, 0.4) is 0 Å². The first-order valence-electron chi connectivity index (χ1n) is 6.67. The number of halogens is 3. The van der Waals surface area contributed by atoms with E-state index in [1.165, 1.54) is 23.9 Å². The summed E-state index contributed by atoms with van der Waals surface area (Å²) in [5.41, 5.74) is 1.16. The van der Waals surface area contributed by atoms with E-state index in [9.17, 15) is 8.78 Å². The number of benzene rings is 2. The van der Waals surface area contributed by atoms with Gasteiger partial charge in [-0.2, -0.15) is 0 Å². The molecule has 0 fully saturated rings. The van der Waals surface area contributed by atoms with E-state index in [0.29, 0.717) is 4.90 Å². The molecule has 112 valence electrons. The smallest absolute Gasteiger partial charge is 0.140 e. The molecule has 5 heteroatoms. The maximum atomic E-state index is 13.7. The maximum Gasteiger partial charge on any atom is 0.140 e. The molecule has 0 heterocycles. The minimum atomic E-state index is -0.564. The van der Waals surface area contributed by atoms with E-state index >= 15 is 0 Å². The summed E-state index contributed by atoms with van der Waals surface area (Å²) in [6.45, 7) is 5.06. The van der Waals surface area contributed by atoms with E-state index in [1.54, 1.807) is 0 Å². The van der Waals surface area contributed by atoms with Crippen LogP contribution in [0.5, 0.6) is 0 Å². The van der Waals surface area contributed by atoms with Gasteiger partial charge in [-0.05, 0) is 59.2 Å². The number of rotatable bonds is 5. The van der Waals surface area contributed by atoms with Crippen molar-refractivity contribution in [1.29, 1.82) is 0 Å². The summed E-state index contributed by atoms with van der Waals surface area (Å²) in [6.07, 6.45) is 0. The number of nitrogens with one attached hydrogen (secondary N) is 1. The van der Waals surface area contributed by atoms with Gasteiger partial charge >= 0.3 is 0 Å². The standard InChI is InChI=1S/C16H16BrF2NS/c1-3-20-10(2)11-4-6-15(13(17)8-11)21-16-7-5-12(18)9-14(16)19/h4-10,20H,3H2,1-2H3. The Morgan fingerprint density at radius 2 is 1.86 bits per heavy atom. The molecule has 1 atom stereocenters. The highest BCUT2D eigenvalue weighted by Gasteiger charge is 2.11. The summed E-state index contributed by atoms with van der Waals surface area (Å²) in [5, 5.41) is 3.34. The molecule has 0 aliphatic heterocycles. The first-order valence-corrected chi connectivity index (χ1v) is 8.28. The zero-order valence-electron chi connectivity index (χ0n) is 11.8.